The molecule has 0 saturated heterocycles. The number of fused-ring (bicyclic) bond motifs is 3. The molecule has 2 atom stereocenters. The Morgan fingerprint density at radius 2 is 1.70 bits per heavy atom. The summed E-state index contributed by atoms with van der Waals surface area (Å²) in [6.07, 6.45) is 1.50. The molecule has 2 aliphatic heterocycles. The molecular weight excluding hydrogens is 480 g/mol. The molecule has 6 heteroatoms. The number of ether oxygens (including phenoxy) is 3. The van der Waals surface area contributed by atoms with E-state index in [0.29, 0.717) is 13.2 Å². The molecule has 5 nitrogen and oxygen atoms in total. The van der Waals surface area contributed by atoms with E-state index in [0.717, 1.165) is 57.0 Å². The summed E-state index contributed by atoms with van der Waals surface area (Å²) >= 11 is 3.62. The van der Waals surface area contributed by atoms with Crippen molar-refractivity contribution >= 4 is 21.6 Å². The van der Waals surface area contributed by atoms with Crippen LogP contribution in [0.5, 0.6) is 17.2 Å². The summed E-state index contributed by atoms with van der Waals surface area (Å²) in [5.74, 6) is 2.65. The molecule has 0 spiro atoms. The molecule has 33 heavy (non-hydrogen) atoms. The molecule has 2 heterocycles. The molecule has 2 aliphatic rings. The second-order valence-corrected chi connectivity index (χ2v) is 9.09. The van der Waals surface area contributed by atoms with Crippen LogP contribution in [0.4, 0.5) is 0 Å². The molecule has 0 N–H and O–H groups in total. The Kier molecular flexibility index (Phi) is 6.27. The van der Waals surface area contributed by atoms with Crippen LogP contribution in [0.3, 0.4) is 0 Å². The summed E-state index contributed by atoms with van der Waals surface area (Å²) in [5, 5.41) is 7.15. The van der Waals surface area contributed by atoms with Crippen LogP contribution in [-0.4, -0.2) is 23.9 Å². The van der Waals surface area contributed by atoms with E-state index in [9.17, 15) is 0 Å². The van der Waals surface area contributed by atoms with Gasteiger partial charge in [0.05, 0.1) is 25.0 Å². The van der Waals surface area contributed by atoms with Gasteiger partial charge in [0, 0.05) is 22.0 Å². The molecule has 0 radical (unpaired) electrons. The van der Waals surface area contributed by atoms with Gasteiger partial charge in [-0.15, -0.1) is 0 Å². The predicted octanol–water partition coefficient (Wildman–Crippen LogP) is 6.88. The van der Waals surface area contributed by atoms with Crippen molar-refractivity contribution < 1.29 is 14.2 Å². The lowest BCUT2D eigenvalue weighted by atomic mass is 9.96. The van der Waals surface area contributed by atoms with E-state index in [1.165, 1.54) is 0 Å². The summed E-state index contributed by atoms with van der Waals surface area (Å²) in [5.41, 5.74) is 4.35. The average Bonchev–Trinajstić information content (AvgIpc) is 3.29. The highest BCUT2D eigenvalue weighted by Crippen LogP contribution is 2.48. The third kappa shape index (κ3) is 4.44. The van der Waals surface area contributed by atoms with Crippen molar-refractivity contribution in [2.24, 2.45) is 5.10 Å². The first-order chi connectivity index (χ1) is 16.2. The highest BCUT2D eigenvalue weighted by Gasteiger charge is 2.41. The highest BCUT2D eigenvalue weighted by molar-refractivity contribution is 9.10. The van der Waals surface area contributed by atoms with E-state index in [1.807, 2.05) is 43.3 Å². The van der Waals surface area contributed by atoms with Gasteiger partial charge in [-0.1, -0.05) is 22.9 Å². The quantitative estimate of drug-likeness (QED) is 0.350. The molecule has 3 aromatic carbocycles. The van der Waals surface area contributed by atoms with Gasteiger partial charge in [-0.05, 0) is 85.6 Å². The fourth-order valence-corrected chi connectivity index (χ4v) is 4.69. The zero-order chi connectivity index (χ0) is 22.8. The molecule has 0 bridgehead atoms. The molecule has 0 fully saturated rings. The van der Waals surface area contributed by atoms with Gasteiger partial charge < -0.3 is 14.2 Å². The van der Waals surface area contributed by atoms with Gasteiger partial charge in [0.25, 0.3) is 0 Å². The van der Waals surface area contributed by atoms with Crippen LogP contribution in [0.15, 0.2) is 76.3 Å². The fraction of sp³-hybridized carbons (Fsp3) is 0.296. The number of nitrogens with zero attached hydrogens (tertiary/aromatic N) is 2. The first-order valence-electron chi connectivity index (χ1n) is 11.4. The molecule has 3 aromatic rings. The predicted molar refractivity (Wildman–Crippen MR) is 133 cm³/mol. The van der Waals surface area contributed by atoms with Crippen LogP contribution in [0.25, 0.3) is 0 Å². The van der Waals surface area contributed by atoms with Crippen molar-refractivity contribution in [1.82, 2.24) is 5.01 Å². The summed E-state index contributed by atoms with van der Waals surface area (Å²) < 4.78 is 18.9. The van der Waals surface area contributed by atoms with Crippen LogP contribution < -0.4 is 14.2 Å². The number of rotatable bonds is 7. The van der Waals surface area contributed by atoms with Crippen molar-refractivity contribution in [3.05, 3.63) is 87.9 Å². The summed E-state index contributed by atoms with van der Waals surface area (Å²) in [6.45, 7) is 5.47. The molecule has 0 aliphatic carbocycles. The van der Waals surface area contributed by atoms with Crippen molar-refractivity contribution in [1.29, 1.82) is 0 Å². The summed E-state index contributed by atoms with van der Waals surface area (Å²) in [6, 6.07) is 22.6. The van der Waals surface area contributed by atoms with E-state index >= 15 is 0 Å². The van der Waals surface area contributed by atoms with E-state index < -0.39 is 0 Å². The maximum atomic E-state index is 6.48. The maximum Gasteiger partial charge on any atom is 0.213 e. The molecule has 2 unspecified atom stereocenters. The van der Waals surface area contributed by atoms with E-state index in [2.05, 4.69) is 58.2 Å². The highest BCUT2D eigenvalue weighted by atomic mass is 79.9. The van der Waals surface area contributed by atoms with Gasteiger partial charge >= 0.3 is 0 Å². The van der Waals surface area contributed by atoms with Crippen molar-refractivity contribution in [3.8, 4) is 17.2 Å². The van der Waals surface area contributed by atoms with Crippen LogP contribution in [-0.2, 0) is 0 Å². The van der Waals surface area contributed by atoms with Gasteiger partial charge in [-0.2, -0.15) is 5.10 Å². The molecule has 170 valence electrons. The number of benzene rings is 3. The molecule has 5 rings (SSSR count). The van der Waals surface area contributed by atoms with Crippen LogP contribution in [0.1, 0.15) is 55.6 Å². The minimum absolute atomic E-state index is 0.105. The number of halogens is 1. The minimum atomic E-state index is -0.302. The van der Waals surface area contributed by atoms with E-state index in [1.54, 1.807) is 0 Å². The Morgan fingerprint density at radius 1 is 0.970 bits per heavy atom. The normalized spacial score (nSPS) is 18.8. The largest absolute Gasteiger partial charge is 0.494 e. The number of hydrazone groups is 1. The molecule has 0 amide bonds. The number of hydrogen-bond donors (Lipinski definition) is 0. The zero-order valence-corrected chi connectivity index (χ0v) is 20.4. The lowest BCUT2D eigenvalue weighted by molar-refractivity contribution is -0.0191. The zero-order valence-electron chi connectivity index (χ0n) is 18.8. The van der Waals surface area contributed by atoms with Crippen molar-refractivity contribution in [2.45, 2.75) is 39.0 Å². The Hall–Kier alpha value is -2.99. The number of hydrogen-bond acceptors (Lipinski definition) is 5. The Labute approximate surface area is 203 Å². The lowest BCUT2D eigenvalue weighted by Crippen LogP contribution is -2.33. The van der Waals surface area contributed by atoms with Crippen LogP contribution >= 0.6 is 15.9 Å². The van der Waals surface area contributed by atoms with Gasteiger partial charge in [0.15, 0.2) is 0 Å². The monoisotopic (exact) mass is 506 g/mol. The van der Waals surface area contributed by atoms with Crippen molar-refractivity contribution in [2.75, 3.05) is 13.2 Å². The van der Waals surface area contributed by atoms with E-state index in [4.69, 9.17) is 19.3 Å². The van der Waals surface area contributed by atoms with Gasteiger partial charge in [0.2, 0.25) is 6.23 Å². The first kappa shape index (κ1) is 21.8. The fourth-order valence-electron chi connectivity index (χ4n) is 4.31. The first-order valence-corrected chi connectivity index (χ1v) is 12.2. The minimum Gasteiger partial charge on any atom is -0.494 e. The Bertz CT molecular complexity index is 1150. The van der Waals surface area contributed by atoms with E-state index in [-0.39, 0.29) is 12.3 Å². The molecule has 0 aromatic heterocycles. The Morgan fingerprint density at radius 3 is 2.42 bits per heavy atom. The van der Waals surface area contributed by atoms with Gasteiger partial charge in [0.1, 0.15) is 17.2 Å². The lowest BCUT2D eigenvalue weighted by Gasteiger charge is -2.38. The smallest absolute Gasteiger partial charge is 0.213 e. The second kappa shape index (κ2) is 9.48. The van der Waals surface area contributed by atoms with Crippen LogP contribution in [0.2, 0.25) is 0 Å². The van der Waals surface area contributed by atoms with Gasteiger partial charge in [-0.25, -0.2) is 5.01 Å². The van der Waals surface area contributed by atoms with Gasteiger partial charge in [-0.3, -0.25) is 0 Å². The molecule has 0 saturated carbocycles. The second-order valence-electron chi connectivity index (χ2n) is 8.17. The molecular formula is C27H27BrN2O3. The topological polar surface area (TPSA) is 43.3 Å². The summed E-state index contributed by atoms with van der Waals surface area (Å²) in [7, 11) is 0. The third-order valence-electron chi connectivity index (χ3n) is 5.89. The Balaban J connectivity index is 1.48. The van der Waals surface area contributed by atoms with Crippen molar-refractivity contribution in [3.63, 3.8) is 0 Å². The third-order valence-corrected chi connectivity index (χ3v) is 6.38. The summed E-state index contributed by atoms with van der Waals surface area (Å²) in [4.78, 5) is 0. The maximum absolute atomic E-state index is 6.48. The average molecular weight is 507 g/mol. The standard InChI is InChI=1S/C27H27BrN2O3/c1-3-15-32-22-12-7-19(8-13-22)27-30-25(23-16-20(28)9-14-26(23)33-27)17-24(29-30)18-5-10-21(11-6-18)31-4-2/h5-14,16,25,27H,3-4,15,17H2,1-2H3. The van der Waals surface area contributed by atoms with Crippen LogP contribution in [0, 0.1) is 0 Å². The SMILES string of the molecule is CCCOc1ccc(C2Oc3ccc(Br)cc3C3CC(c4ccc(OCC)cc4)=NN32)cc1.